The minimum absolute atomic E-state index is 0.0339. The summed E-state index contributed by atoms with van der Waals surface area (Å²) in [6, 6.07) is 10.1. The molecule has 110 valence electrons. The number of nitrogens with zero attached hydrogens (tertiary/aromatic N) is 2. The molecule has 0 atom stereocenters. The number of hydrogen-bond donors (Lipinski definition) is 1. The lowest BCUT2D eigenvalue weighted by atomic mass is 10.1. The molecule has 1 heterocycles. The monoisotopic (exact) mass is 283 g/mol. The molecule has 0 aliphatic carbocycles. The molecule has 21 heavy (non-hydrogen) atoms. The van der Waals surface area contributed by atoms with Gasteiger partial charge in [-0.3, -0.25) is 9.78 Å². The second kappa shape index (κ2) is 6.39. The zero-order valence-corrected chi connectivity index (χ0v) is 13.0. The lowest BCUT2D eigenvalue weighted by Crippen LogP contribution is -2.27. The third-order valence-corrected chi connectivity index (χ3v) is 3.39. The molecule has 0 bridgehead atoms. The quantitative estimate of drug-likeness (QED) is 0.938. The van der Waals surface area contributed by atoms with Crippen molar-refractivity contribution in [3.63, 3.8) is 0 Å². The number of hydrogen-bond acceptors (Lipinski definition) is 3. The molecule has 1 aromatic carbocycles. The van der Waals surface area contributed by atoms with Crippen molar-refractivity contribution >= 4 is 11.6 Å². The van der Waals surface area contributed by atoms with Crippen molar-refractivity contribution in [3.8, 4) is 0 Å². The van der Waals surface area contributed by atoms with Crippen LogP contribution in [0.4, 0.5) is 5.69 Å². The fourth-order valence-electron chi connectivity index (χ4n) is 2.30. The van der Waals surface area contributed by atoms with Gasteiger partial charge in [0.25, 0.3) is 5.91 Å². The van der Waals surface area contributed by atoms with Crippen molar-refractivity contribution in [2.45, 2.75) is 20.4 Å². The minimum atomic E-state index is -0.0339. The van der Waals surface area contributed by atoms with Crippen LogP contribution in [-0.2, 0) is 6.54 Å². The molecule has 1 amide bonds. The fraction of sp³-hybridized carbons (Fsp3) is 0.294. The first-order chi connectivity index (χ1) is 10.0. The van der Waals surface area contributed by atoms with Crippen LogP contribution in [0, 0.1) is 13.8 Å². The summed E-state index contributed by atoms with van der Waals surface area (Å²) in [5.41, 5.74) is 4.61. The normalized spacial score (nSPS) is 10.3. The van der Waals surface area contributed by atoms with Gasteiger partial charge in [-0.1, -0.05) is 29.8 Å². The second-order valence-corrected chi connectivity index (χ2v) is 5.27. The number of benzene rings is 1. The maximum atomic E-state index is 12.6. The summed E-state index contributed by atoms with van der Waals surface area (Å²) in [4.78, 5) is 18.5. The van der Waals surface area contributed by atoms with Gasteiger partial charge in [0.05, 0.1) is 11.3 Å². The predicted molar refractivity (Wildman–Crippen MR) is 85.5 cm³/mol. The van der Waals surface area contributed by atoms with E-state index in [-0.39, 0.29) is 5.91 Å². The van der Waals surface area contributed by atoms with Crippen molar-refractivity contribution in [3.05, 3.63) is 58.9 Å². The molecule has 0 spiro atoms. The van der Waals surface area contributed by atoms with E-state index in [1.165, 1.54) is 5.56 Å². The first-order valence-electron chi connectivity index (χ1n) is 6.96. The van der Waals surface area contributed by atoms with E-state index < -0.39 is 0 Å². The maximum absolute atomic E-state index is 12.6. The highest BCUT2D eigenvalue weighted by Gasteiger charge is 2.16. The number of carbonyl (C=O) groups excluding carboxylic acids is 1. The lowest BCUT2D eigenvalue weighted by Gasteiger charge is -2.19. The Balaban J connectivity index is 2.19. The van der Waals surface area contributed by atoms with Crippen molar-refractivity contribution in [2.75, 3.05) is 19.4 Å². The number of aromatic nitrogens is 1. The van der Waals surface area contributed by atoms with Crippen LogP contribution in [-0.4, -0.2) is 29.9 Å². The molecule has 0 unspecified atom stereocenters. The first-order valence-corrected chi connectivity index (χ1v) is 6.96. The Hall–Kier alpha value is -2.36. The predicted octanol–water partition coefficient (Wildman–Crippen LogP) is 3.01. The number of anilines is 1. The van der Waals surface area contributed by atoms with E-state index in [2.05, 4.69) is 16.4 Å². The first kappa shape index (κ1) is 15.0. The molecule has 4 heteroatoms. The van der Waals surface area contributed by atoms with Gasteiger partial charge in [0.2, 0.25) is 0 Å². The smallest absolute Gasteiger partial charge is 0.257 e. The van der Waals surface area contributed by atoms with Gasteiger partial charge in [-0.2, -0.15) is 0 Å². The number of rotatable bonds is 4. The maximum Gasteiger partial charge on any atom is 0.257 e. The van der Waals surface area contributed by atoms with Crippen LogP contribution in [0.3, 0.4) is 0 Å². The Morgan fingerprint density at radius 3 is 2.71 bits per heavy atom. The van der Waals surface area contributed by atoms with Crippen LogP contribution in [0.15, 0.2) is 36.5 Å². The van der Waals surface area contributed by atoms with E-state index in [0.29, 0.717) is 12.1 Å². The number of carbonyl (C=O) groups is 1. The van der Waals surface area contributed by atoms with Crippen LogP contribution in [0.5, 0.6) is 0 Å². The van der Waals surface area contributed by atoms with Crippen molar-refractivity contribution < 1.29 is 4.79 Å². The molecule has 0 aliphatic rings. The zero-order valence-electron chi connectivity index (χ0n) is 13.0. The molecular weight excluding hydrogens is 262 g/mol. The van der Waals surface area contributed by atoms with Crippen LogP contribution in [0.25, 0.3) is 0 Å². The Morgan fingerprint density at radius 1 is 1.29 bits per heavy atom. The Morgan fingerprint density at radius 2 is 2.05 bits per heavy atom. The van der Waals surface area contributed by atoms with Crippen LogP contribution < -0.4 is 5.32 Å². The van der Waals surface area contributed by atoms with Gasteiger partial charge in [-0.05, 0) is 25.5 Å². The average molecular weight is 283 g/mol. The lowest BCUT2D eigenvalue weighted by molar-refractivity contribution is 0.0785. The third kappa shape index (κ3) is 3.60. The minimum Gasteiger partial charge on any atom is -0.387 e. The van der Waals surface area contributed by atoms with Crippen LogP contribution >= 0.6 is 0 Å². The number of amides is 1. The molecule has 0 saturated heterocycles. The van der Waals surface area contributed by atoms with Gasteiger partial charge in [-0.25, -0.2) is 0 Å². The topological polar surface area (TPSA) is 45.2 Å². The number of aryl methyl sites for hydroxylation is 2. The molecule has 0 fully saturated rings. The zero-order chi connectivity index (χ0) is 15.4. The molecule has 2 aromatic rings. The summed E-state index contributed by atoms with van der Waals surface area (Å²) in [7, 11) is 3.62. The van der Waals surface area contributed by atoms with Gasteiger partial charge in [0, 0.05) is 32.5 Å². The fourth-order valence-corrected chi connectivity index (χ4v) is 2.30. The van der Waals surface area contributed by atoms with Gasteiger partial charge < -0.3 is 10.2 Å². The van der Waals surface area contributed by atoms with E-state index in [1.807, 2.05) is 52.2 Å². The van der Waals surface area contributed by atoms with E-state index in [1.54, 1.807) is 11.1 Å². The highest BCUT2D eigenvalue weighted by atomic mass is 16.2. The van der Waals surface area contributed by atoms with Crippen molar-refractivity contribution in [1.82, 2.24) is 9.88 Å². The molecule has 0 aliphatic heterocycles. The highest BCUT2D eigenvalue weighted by Crippen LogP contribution is 2.18. The Bertz CT molecular complexity index is 652. The molecule has 4 nitrogen and oxygen atoms in total. The van der Waals surface area contributed by atoms with Gasteiger partial charge in [0.15, 0.2) is 0 Å². The van der Waals surface area contributed by atoms with Gasteiger partial charge in [-0.15, -0.1) is 0 Å². The molecule has 1 aromatic heterocycles. The highest BCUT2D eigenvalue weighted by molar-refractivity contribution is 5.99. The summed E-state index contributed by atoms with van der Waals surface area (Å²) in [5, 5.41) is 3.06. The van der Waals surface area contributed by atoms with E-state index in [4.69, 9.17) is 0 Å². The summed E-state index contributed by atoms with van der Waals surface area (Å²) in [5.74, 6) is -0.0339. The largest absolute Gasteiger partial charge is 0.387 e. The van der Waals surface area contributed by atoms with Gasteiger partial charge >= 0.3 is 0 Å². The molecule has 0 radical (unpaired) electrons. The summed E-state index contributed by atoms with van der Waals surface area (Å²) in [6.07, 6.45) is 1.64. The number of pyridine rings is 1. The second-order valence-electron chi connectivity index (χ2n) is 5.27. The van der Waals surface area contributed by atoms with E-state index in [0.717, 1.165) is 16.9 Å². The van der Waals surface area contributed by atoms with E-state index in [9.17, 15) is 4.79 Å². The van der Waals surface area contributed by atoms with Crippen LogP contribution in [0.1, 0.15) is 27.2 Å². The van der Waals surface area contributed by atoms with Crippen molar-refractivity contribution in [1.29, 1.82) is 0 Å². The third-order valence-electron chi connectivity index (χ3n) is 3.39. The molecule has 1 N–H and O–H groups in total. The average Bonchev–Trinajstić information content (AvgIpc) is 2.46. The molecular formula is C17H21N3O. The Kier molecular flexibility index (Phi) is 4.58. The van der Waals surface area contributed by atoms with Crippen molar-refractivity contribution in [2.24, 2.45) is 0 Å². The number of nitrogens with one attached hydrogen (secondary N) is 1. The molecule has 2 rings (SSSR count). The molecule has 0 saturated carbocycles. The summed E-state index contributed by atoms with van der Waals surface area (Å²) >= 11 is 0. The summed E-state index contributed by atoms with van der Waals surface area (Å²) in [6.45, 7) is 4.54. The van der Waals surface area contributed by atoms with Crippen LogP contribution in [0.2, 0.25) is 0 Å². The SMILES string of the molecule is CNc1cc(C)ncc1C(=O)N(C)Cc1cccc(C)c1. The van der Waals surface area contributed by atoms with Gasteiger partial charge in [0.1, 0.15) is 0 Å². The van der Waals surface area contributed by atoms with E-state index >= 15 is 0 Å². The summed E-state index contributed by atoms with van der Waals surface area (Å²) < 4.78 is 0. The standard InChI is InChI=1S/C17H21N3O/c1-12-6-5-7-14(8-12)11-20(4)17(21)15-10-19-13(2)9-16(15)18-3/h5-10H,11H2,1-4H3,(H,18,19). The Labute approximate surface area is 125 Å².